The van der Waals surface area contributed by atoms with Gasteiger partial charge in [-0.05, 0) is 51.4 Å². The second-order valence-electron chi connectivity index (χ2n) is 7.98. The summed E-state index contributed by atoms with van der Waals surface area (Å²) >= 11 is 0. The molecule has 0 saturated carbocycles. The number of likely N-dealkylation sites (tertiary alicyclic amines) is 1. The lowest BCUT2D eigenvalue weighted by molar-refractivity contribution is 0.0600. The van der Waals surface area contributed by atoms with Gasteiger partial charge in [-0.1, -0.05) is 20.3 Å². The van der Waals surface area contributed by atoms with Crippen molar-refractivity contribution in [2.75, 3.05) is 20.1 Å². The Kier molecular flexibility index (Phi) is 6.55. The van der Waals surface area contributed by atoms with Crippen LogP contribution in [0.3, 0.4) is 0 Å². The standard InChI is InChI=1S/C21H34N4O2/c1-4-6-13-23(3)21(27)19-22-18(17-12-8-10-15-25(17)19)20(26)24-14-9-7-11-16(24)5-2/h16H,4-15H2,1-3H3. The molecule has 0 aromatic carbocycles. The van der Waals surface area contributed by atoms with Gasteiger partial charge in [-0.3, -0.25) is 9.59 Å². The van der Waals surface area contributed by atoms with Gasteiger partial charge in [-0.15, -0.1) is 0 Å². The Morgan fingerprint density at radius 3 is 2.67 bits per heavy atom. The Morgan fingerprint density at radius 1 is 1.15 bits per heavy atom. The molecule has 1 saturated heterocycles. The fraction of sp³-hybridized carbons (Fsp3) is 0.762. The number of fused-ring (bicyclic) bond motifs is 1. The normalized spacial score (nSPS) is 19.7. The molecular weight excluding hydrogens is 340 g/mol. The van der Waals surface area contributed by atoms with E-state index in [0.29, 0.717) is 17.6 Å². The summed E-state index contributed by atoms with van der Waals surface area (Å²) in [5.74, 6) is 0.426. The molecule has 1 fully saturated rings. The number of carbonyl (C=O) groups excluding carboxylic acids is 2. The van der Waals surface area contributed by atoms with Crippen molar-refractivity contribution in [3.8, 4) is 0 Å². The SMILES string of the molecule is CCCCN(C)C(=O)c1nc(C(=O)N2CCCCC2CC)c2n1CCCC2. The number of unbranched alkanes of at least 4 members (excludes halogenated alkanes) is 1. The highest BCUT2D eigenvalue weighted by atomic mass is 16.2. The van der Waals surface area contributed by atoms with Crippen molar-refractivity contribution in [2.45, 2.75) is 84.2 Å². The third-order valence-electron chi connectivity index (χ3n) is 6.06. The van der Waals surface area contributed by atoms with Gasteiger partial charge in [0.1, 0.15) is 5.69 Å². The Balaban J connectivity index is 1.91. The van der Waals surface area contributed by atoms with Gasteiger partial charge in [0.15, 0.2) is 5.82 Å². The fourth-order valence-electron chi connectivity index (χ4n) is 4.37. The predicted octanol–water partition coefficient (Wildman–Crippen LogP) is 3.50. The molecule has 27 heavy (non-hydrogen) atoms. The van der Waals surface area contributed by atoms with Crippen LogP contribution in [0, 0.1) is 0 Å². The van der Waals surface area contributed by atoms with Gasteiger partial charge >= 0.3 is 0 Å². The Bertz CT molecular complexity index is 682. The van der Waals surface area contributed by atoms with Crippen LogP contribution in [-0.2, 0) is 13.0 Å². The van der Waals surface area contributed by atoms with Gasteiger partial charge in [0.2, 0.25) is 0 Å². The molecular formula is C21H34N4O2. The van der Waals surface area contributed by atoms with Crippen LogP contribution in [-0.4, -0.2) is 57.3 Å². The molecule has 0 aliphatic carbocycles. The molecule has 6 nitrogen and oxygen atoms in total. The maximum Gasteiger partial charge on any atom is 0.289 e. The van der Waals surface area contributed by atoms with E-state index in [0.717, 1.165) is 76.7 Å². The van der Waals surface area contributed by atoms with Crippen molar-refractivity contribution in [3.05, 3.63) is 17.2 Å². The lowest BCUT2D eigenvalue weighted by atomic mass is 9.99. The predicted molar refractivity (Wildman–Crippen MR) is 106 cm³/mol. The lowest BCUT2D eigenvalue weighted by Gasteiger charge is -2.35. The molecule has 2 aliphatic heterocycles. The van der Waals surface area contributed by atoms with Crippen LogP contribution in [0.25, 0.3) is 0 Å². The van der Waals surface area contributed by atoms with E-state index in [4.69, 9.17) is 0 Å². The van der Waals surface area contributed by atoms with Crippen LogP contribution >= 0.6 is 0 Å². The average Bonchev–Trinajstić information content (AvgIpc) is 3.10. The van der Waals surface area contributed by atoms with Gasteiger partial charge in [0.05, 0.1) is 5.69 Å². The summed E-state index contributed by atoms with van der Waals surface area (Å²) in [5, 5.41) is 0. The zero-order valence-electron chi connectivity index (χ0n) is 17.2. The number of hydrogen-bond donors (Lipinski definition) is 0. The van der Waals surface area contributed by atoms with Gasteiger partial charge in [-0.2, -0.15) is 0 Å². The number of nitrogens with zero attached hydrogens (tertiary/aromatic N) is 4. The quantitative estimate of drug-likeness (QED) is 0.766. The molecule has 3 rings (SSSR count). The van der Waals surface area contributed by atoms with Crippen molar-refractivity contribution in [1.82, 2.24) is 19.4 Å². The number of hydrogen-bond acceptors (Lipinski definition) is 3. The van der Waals surface area contributed by atoms with E-state index in [1.54, 1.807) is 4.90 Å². The van der Waals surface area contributed by atoms with Gasteiger partial charge in [0.25, 0.3) is 11.8 Å². The Morgan fingerprint density at radius 2 is 1.93 bits per heavy atom. The molecule has 0 N–H and O–H groups in total. The highest BCUT2D eigenvalue weighted by molar-refractivity contribution is 5.97. The highest BCUT2D eigenvalue weighted by Gasteiger charge is 2.33. The van der Waals surface area contributed by atoms with Crippen molar-refractivity contribution in [3.63, 3.8) is 0 Å². The summed E-state index contributed by atoms with van der Waals surface area (Å²) in [4.78, 5) is 34.7. The van der Waals surface area contributed by atoms with Crippen LogP contribution in [0.4, 0.5) is 0 Å². The van der Waals surface area contributed by atoms with Crippen molar-refractivity contribution < 1.29 is 9.59 Å². The van der Waals surface area contributed by atoms with Gasteiger partial charge < -0.3 is 14.4 Å². The number of rotatable bonds is 6. The van der Waals surface area contributed by atoms with E-state index in [9.17, 15) is 9.59 Å². The average molecular weight is 375 g/mol. The minimum absolute atomic E-state index is 0.0301. The summed E-state index contributed by atoms with van der Waals surface area (Å²) in [7, 11) is 1.84. The van der Waals surface area contributed by atoms with Crippen LogP contribution in [0.1, 0.15) is 92.0 Å². The van der Waals surface area contributed by atoms with Crippen LogP contribution < -0.4 is 0 Å². The first-order valence-electron chi connectivity index (χ1n) is 10.7. The minimum Gasteiger partial charge on any atom is -0.339 e. The number of imidazole rings is 1. The molecule has 3 heterocycles. The number of amides is 2. The van der Waals surface area contributed by atoms with Crippen molar-refractivity contribution >= 4 is 11.8 Å². The zero-order chi connectivity index (χ0) is 19.4. The second kappa shape index (κ2) is 8.89. The summed E-state index contributed by atoms with van der Waals surface area (Å²) in [6.07, 6.45) is 9.27. The molecule has 0 radical (unpaired) electrons. The van der Waals surface area contributed by atoms with Crippen molar-refractivity contribution in [1.29, 1.82) is 0 Å². The number of carbonyl (C=O) groups is 2. The van der Waals surface area contributed by atoms with Gasteiger partial charge in [-0.25, -0.2) is 4.98 Å². The van der Waals surface area contributed by atoms with E-state index in [2.05, 4.69) is 18.8 Å². The molecule has 2 aliphatic rings. The molecule has 2 amide bonds. The molecule has 150 valence electrons. The molecule has 6 heteroatoms. The molecule has 0 spiro atoms. The van der Waals surface area contributed by atoms with Crippen LogP contribution in [0.5, 0.6) is 0 Å². The first kappa shape index (κ1) is 19.9. The summed E-state index contributed by atoms with van der Waals surface area (Å²) in [6.45, 7) is 6.59. The largest absolute Gasteiger partial charge is 0.339 e. The van der Waals surface area contributed by atoms with E-state index in [1.165, 1.54) is 6.42 Å². The monoisotopic (exact) mass is 374 g/mol. The fourth-order valence-corrected chi connectivity index (χ4v) is 4.37. The summed E-state index contributed by atoms with van der Waals surface area (Å²) in [5.41, 5.74) is 1.50. The molecule has 1 unspecified atom stereocenters. The Hall–Kier alpha value is -1.85. The third kappa shape index (κ3) is 4.04. The van der Waals surface area contributed by atoms with Crippen molar-refractivity contribution in [2.24, 2.45) is 0 Å². The molecule has 1 aromatic heterocycles. The lowest BCUT2D eigenvalue weighted by Crippen LogP contribution is -2.44. The smallest absolute Gasteiger partial charge is 0.289 e. The highest BCUT2D eigenvalue weighted by Crippen LogP contribution is 2.26. The topological polar surface area (TPSA) is 58.4 Å². The van der Waals surface area contributed by atoms with E-state index in [-0.39, 0.29) is 11.8 Å². The first-order chi connectivity index (χ1) is 13.1. The zero-order valence-corrected chi connectivity index (χ0v) is 17.2. The maximum absolute atomic E-state index is 13.3. The molecule has 1 atom stereocenters. The molecule has 0 bridgehead atoms. The molecule has 1 aromatic rings. The maximum atomic E-state index is 13.3. The van der Waals surface area contributed by atoms with E-state index < -0.39 is 0 Å². The minimum atomic E-state index is -0.0589. The van der Waals surface area contributed by atoms with Crippen LogP contribution in [0.15, 0.2) is 0 Å². The second-order valence-corrected chi connectivity index (χ2v) is 7.98. The van der Waals surface area contributed by atoms with E-state index >= 15 is 0 Å². The third-order valence-corrected chi connectivity index (χ3v) is 6.06. The summed E-state index contributed by atoms with van der Waals surface area (Å²) in [6, 6.07) is 0.304. The first-order valence-corrected chi connectivity index (χ1v) is 10.7. The Labute approximate surface area is 162 Å². The van der Waals surface area contributed by atoms with Crippen LogP contribution in [0.2, 0.25) is 0 Å². The van der Waals surface area contributed by atoms with Gasteiger partial charge in [0, 0.05) is 32.7 Å². The number of aromatic nitrogens is 2. The van der Waals surface area contributed by atoms with E-state index in [1.807, 2.05) is 16.5 Å². The number of piperidine rings is 1. The summed E-state index contributed by atoms with van der Waals surface area (Å²) < 4.78 is 2.02.